The average Bonchev–Trinajstić information content (AvgIpc) is 3.12. The summed E-state index contributed by atoms with van der Waals surface area (Å²) in [6.07, 6.45) is 9.00. The van der Waals surface area contributed by atoms with Crippen molar-refractivity contribution >= 4 is 11.8 Å². The maximum absolute atomic E-state index is 13.1. The molecule has 0 heterocycles. The fourth-order valence-corrected chi connectivity index (χ4v) is 7.07. The predicted octanol–water partition coefficient (Wildman–Crippen LogP) is 6.04. The molecule has 0 radical (unpaired) electrons. The summed E-state index contributed by atoms with van der Waals surface area (Å²) in [5, 5.41) is 0. The quantitative estimate of drug-likeness (QED) is 0.391. The lowest BCUT2D eigenvalue weighted by Crippen LogP contribution is -2.44. The van der Waals surface area contributed by atoms with Crippen LogP contribution in [0, 0.1) is 23.2 Å². The van der Waals surface area contributed by atoms with Gasteiger partial charge in [0.05, 0.1) is 7.11 Å². The second-order valence-corrected chi connectivity index (χ2v) is 10.5. The summed E-state index contributed by atoms with van der Waals surface area (Å²) < 4.78 is 10.8. The number of ketones is 1. The highest BCUT2D eigenvalue weighted by atomic mass is 16.5. The number of aryl methyl sites for hydroxylation is 1. The topological polar surface area (TPSA) is 52.6 Å². The average molecular weight is 459 g/mol. The molecule has 2 aromatic rings. The summed E-state index contributed by atoms with van der Waals surface area (Å²) in [6, 6.07) is 16.9. The van der Waals surface area contributed by atoms with Crippen molar-refractivity contribution in [2.45, 2.75) is 58.0 Å². The fourth-order valence-electron chi connectivity index (χ4n) is 7.07. The highest BCUT2D eigenvalue weighted by Gasteiger charge is 2.58. The van der Waals surface area contributed by atoms with Crippen LogP contribution in [0.3, 0.4) is 0 Å². The third-order valence-electron chi connectivity index (χ3n) is 8.68. The molecule has 5 atom stereocenters. The van der Waals surface area contributed by atoms with Crippen molar-refractivity contribution in [1.82, 2.24) is 0 Å². The Balaban J connectivity index is 1.34. The highest BCUT2D eigenvalue weighted by molar-refractivity contribution is 5.88. The number of fused-ring (bicyclic) bond motifs is 5. The number of carbonyl (C=O) groups is 2. The summed E-state index contributed by atoms with van der Waals surface area (Å²) in [7, 11) is 1.40. The zero-order valence-corrected chi connectivity index (χ0v) is 20.2. The fraction of sp³-hybridized carbons (Fsp3) is 0.467. The van der Waals surface area contributed by atoms with E-state index < -0.39 is 0 Å². The van der Waals surface area contributed by atoms with Crippen molar-refractivity contribution in [3.8, 4) is 5.75 Å². The Morgan fingerprint density at radius 2 is 1.97 bits per heavy atom. The SMILES string of the molecule is COC(=O)C=CC[C@H]1CC(=O)[C@@]2(C)CCC3c4ccc(OCc5ccccc5)cc4CCC3C12. The lowest BCUT2D eigenvalue weighted by Gasteiger charge is -2.49. The first-order valence-corrected chi connectivity index (χ1v) is 12.6. The van der Waals surface area contributed by atoms with Gasteiger partial charge in [0.2, 0.25) is 0 Å². The van der Waals surface area contributed by atoms with E-state index in [0.717, 1.165) is 37.9 Å². The molecule has 2 aromatic carbocycles. The number of Topliss-reactive ketones (excluding diaryl/α,β-unsaturated/α-hetero) is 1. The van der Waals surface area contributed by atoms with E-state index >= 15 is 0 Å². The van der Waals surface area contributed by atoms with Crippen LogP contribution in [0.5, 0.6) is 5.75 Å². The molecule has 5 rings (SSSR count). The van der Waals surface area contributed by atoms with E-state index in [-0.39, 0.29) is 11.4 Å². The van der Waals surface area contributed by atoms with E-state index in [9.17, 15) is 9.59 Å². The molecule has 0 saturated heterocycles. The number of esters is 1. The first-order valence-electron chi connectivity index (χ1n) is 12.6. The molecular formula is C30H34O4. The van der Waals surface area contributed by atoms with E-state index in [4.69, 9.17) is 9.47 Å². The van der Waals surface area contributed by atoms with Gasteiger partial charge in [-0.1, -0.05) is 49.4 Å². The Bertz CT molecular complexity index is 1090. The van der Waals surface area contributed by atoms with Crippen molar-refractivity contribution < 1.29 is 19.1 Å². The van der Waals surface area contributed by atoms with Crippen molar-refractivity contribution in [3.05, 3.63) is 77.4 Å². The molecule has 3 aliphatic rings. The molecule has 3 aliphatic carbocycles. The molecule has 2 fully saturated rings. The van der Waals surface area contributed by atoms with Crippen molar-refractivity contribution in [2.75, 3.05) is 7.11 Å². The lowest BCUT2D eigenvalue weighted by molar-refractivity contribution is -0.135. The molecule has 4 nitrogen and oxygen atoms in total. The second kappa shape index (κ2) is 9.40. The molecule has 3 unspecified atom stereocenters. The predicted molar refractivity (Wildman–Crippen MR) is 131 cm³/mol. The van der Waals surface area contributed by atoms with Gasteiger partial charge in [-0.05, 0) is 84.6 Å². The summed E-state index contributed by atoms with van der Waals surface area (Å²) in [4.78, 5) is 24.6. The third-order valence-corrected chi connectivity index (χ3v) is 8.68. The Kier molecular flexibility index (Phi) is 6.33. The maximum atomic E-state index is 13.1. The standard InChI is InChI=1S/C30H34O4/c1-30-16-15-25-24-14-12-23(34-19-20-7-4-3-5-8-20)17-21(24)11-13-26(25)29(30)22(18-27(30)31)9-6-10-28(32)33-2/h3-8,10,12,14,17,22,25-26,29H,9,11,13,15-16,18-19H2,1-2H3/t22-,25?,26?,29?,30+/m0/s1. The summed E-state index contributed by atoms with van der Waals surface area (Å²) >= 11 is 0. The Morgan fingerprint density at radius 3 is 2.76 bits per heavy atom. The Hall–Kier alpha value is -2.88. The van der Waals surface area contributed by atoms with Gasteiger partial charge in [-0.15, -0.1) is 0 Å². The van der Waals surface area contributed by atoms with Crippen molar-refractivity contribution in [1.29, 1.82) is 0 Å². The second-order valence-electron chi connectivity index (χ2n) is 10.5. The van der Waals surface area contributed by atoms with Gasteiger partial charge in [0.15, 0.2) is 0 Å². The maximum Gasteiger partial charge on any atom is 0.330 e. The van der Waals surface area contributed by atoms with E-state index in [1.54, 1.807) is 0 Å². The Labute approximate surface area is 202 Å². The van der Waals surface area contributed by atoms with Gasteiger partial charge in [0, 0.05) is 17.9 Å². The van der Waals surface area contributed by atoms with E-state index in [2.05, 4.69) is 37.3 Å². The molecule has 0 spiro atoms. The number of hydrogen-bond acceptors (Lipinski definition) is 4. The number of allylic oxidation sites excluding steroid dienone is 1. The van der Waals surface area contributed by atoms with Crippen LogP contribution in [-0.4, -0.2) is 18.9 Å². The van der Waals surface area contributed by atoms with Gasteiger partial charge in [0.1, 0.15) is 18.1 Å². The summed E-state index contributed by atoms with van der Waals surface area (Å²) in [6.45, 7) is 2.78. The number of carbonyl (C=O) groups excluding carboxylic acids is 2. The van der Waals surface area contributed by atoms with E-state index in [1.807, 2.05) is 24.3 Å². The monoisotopic (exact) mass is 458 g/mol. The minimum Gasteiger partial charge on any atom is -0.489 e. The van der Waals surface area contributed by atoms with Gasteiger partial charge in [0.25, 0.3) is 0 Å². The van der Waals surface area contributed by atoms with Crippen LogP contribution < -0.4 is 4.74 Å². The minimum atomic E-state index is -0.328. The smallest absolute Gasteiger partial charge is 0.330 e. The van der Waals surface area contributed by atoms with Gasteiger partial charge in [-0.2, -0.15) is 0 Å². The molecule has 0 aromatic heterocycles. The van der Waals surface area contributed by atoms with Gasteiger partial charge >= 0.3 is 5.97 Å². The Morgan fingerprint density at radius 1 is 1.15 bits per heavy atom. The molecule has 34 heavy (non-hydrogen) atoms. The molecule has 0 amide bonds. The largest absolute Gasteiger partial charge is 0.489 e. The zero-order chi connectivity index (χ0) is 23.7. The number of rotatable bonds is 6. The van der Waals surface area contributed by atoms with Gasteiger partial charge in [-0.25, -0.2) is 4.79 Å². The highest BCUT2D eigenvalue weighted by Crippen LogP contribution is 2.62. The normalized spacial score (nSPS) is 29.9. The summed E-state index contributed by atoms with van der Waals surface area (Å²) in [5.41, 5.74) is 3.81. The van der Waals surface area contributed by atoms with Gasteiger partial charge < -0.3 is 9.47 Å². The van der Waals surface area contributed by atoms with E-state index in [0.29, 0.717) is 42.5 Å². The molecule has 0 N–H and O–H groups in total. The van der Waals surface area contributed by atoms with Crippen LogP contribution in [0.2, 0.25) is 0 Å². The number of hydrogen-bond donors (Lipinski definition) is 0. The number of methoxy groups -OCH3 is 1. The third kappa shape index (κ3) is 4.19. The van der Waals surface area contributed by atoms with Crippen LogP contribution in [0.1, 0.15) is 61.6 Å². The van der Waals surface area contributed by atoms with Crippen LogP contribution in [0.15, 0.2) is 60.7 Å². The molecule has 178 valence electrons. The van der Waals surface area contributed by atoms with Crippen LogP contribution in [0.4, 0.5) is 0 Å². The molecular weight excluding hydrogens is 424 g/mol. The van der Waals surface area contributed by atoms with Crippen LogP contribution in [0.25, 0.3) is 0 Å². The van der Waals surface area contributed by atoms with Crippen molar-refractivity contribution in [2.24, 2.45) is 23.2 Å². The first-order chi connectivity index (χ1) is 16.5. The first kappa shape index (κ1) is 22.9. The molecule has 0 bridgehead atoms. The van der Waals surface area contributed by atoms with Crippen LogP contribution in [-0.2, 0) is 27.4 Å². The molecule has 2 saturated carbocycles. The van der Waals surface area contributed by atoms with Crippen molar-refractivity contribution in [3.63, 3.8) is 0 Å². The zero-order valence-electron chi connectivity index (χ0n) is 20.2. The minimum absolute atomic E-state index is 0.221. The number of ether oxygens (including phenoxy) is 2. The van der Waals surface area contributed by atoms with Gasteiger partial charge in [-0.3, -0.25) is 4.79 Å². The molecule has 0 aliphatic heterocycles. The summed E-state index contributed by atoms with van der Waals surface area (Å²) in [5.74, 6) is 2.73. The number of benzene rings is 2. The lowest BCUT2D eigenvalue weighted by atomic mass is 9.54. The van der Waals surface area contributed by atoms with E-state index in [1.165, 1.54) is 29.9 Å². The van der Waals surface area contributed by atoms with Crippen LogP contribution >= 0.6 is 0 Å². The molecule has 4 heteroatoms.